The van der Waals surface area contributed by atoms with Crippen LogP contribution >= 0.6 is 0 Å². The van der Waals surface area contributed by atoms with Crippen LogP contribution in [0.5, 0.6) is 0 Å². The number of fused-ring (bicyclic) bond motifs is 1. The fraction of sp³-hybridized carbons (Fsp3) is 0.500. The molecule has 2 aromatic carbocycles. The smallest absolute Gasteiger partial charge is 0.248 e. The van der Waals surface area contributed by atoms with E-state index in [1.54, 1.807) is 26.9 Å². The van der Waals surface area contributed by atoms with Crippen molar-refractivity contribution in [3.8, 4) is 0 Å². The fourth-order valence-electron chi connectivity index (χ4n) is 8.45. The van der Waals surface area contributed by atoms with Gasteiger partial charge in [0.05, 0.1) is 30.1 Å². The summed E-state index contributed by atoms with van der Waals surface area (Å²) in [7, 11) is 0. The highest BCUT2D eigenvalue weighted by atomic mass is 16.5. The van der Waals surface area contributed by atoms with E-state index >= 15 is 0 Å². The van der Waals surface area contributed by atoms with Gasteiger partial charge >= 0.3 is 0 Å². The lowest BCUT2D eigenvalue weighted by Gasteiger charge is -2.41. The van der Waals surface area contributed by atoms with Crippen LogP contribution in [0.4, 0.5) is 5.69 Å². The number of aliphatic hydroxyl groups excluding tert-OH is 1. The van der Waals surface area contributed by atoms with E-state index in [9.17, 15) is 19.5 Å². The summed E-state index contributed by atoms with van der Waals surface area (Å²) in [5.74, 6) is -2.58. The highest BCUT2D eigenvalue weighted by Gasteiger charge is 2.80. The summed E-state index contributed by atoms with van der Waals surface area (Å²) < 4.78 is 7.04. The molecule has 8 nitrogen and oxygen atoms in total. The summed E-state index contributed by atoms with van der Waals surface area (Å²) in [6.07, 6.45) is 5.88. The van der Waals surface area contributed by atoms with Crippen molar-refractivity contribution in [2.75, 3.05) is 24.6 Å². The van der Waals surface area contributed by atoms with Crippen LogP contribution in [-0.4, -0.2) is 81.7 Å². The second-order valence-electron chi connectivity index (χ2n) is 13.5. The molecule has 8 heteroatoms. The lowest BCUT2D eigenvalue weighted by atomic mass is 9.62. The molecule has 246 valence electrons. The average molecular weight is 628 g/mol. The number of aliphatic hydroxyl groups is 1. The molecule has 3 fully saturated rings. The van der Waals surface area contributed by atoms with Crippen LogP contribution in [-0.2, 0) is 25.5 Å². The molecule has 2 bridgehead atoms. The van der Waals surface area contributed by atoms with Crippen LogP contribution in [0.25, 0.3) is 0 Å². The summed E-state index contributed by atoms with van der Waals surface area (Å²) in [6.45, 7) is 16.1. The molecule has 0 radical (unpaired) electrons. The van der Waals surface area contributed by atoms with Crippen LogP contribution in [0.3, 0.4) is 0 Å². The van der Waals surface area contributed by atoms with Gasteiger partial charge in [0.25, 0.3) is 0 Å². The van der Waals surface area contributed by atoms with E-state index in [1.807, 2.05) is 74.5 Å². The Bertz CT molecular complexity index is 1430. The lowest BCUT2D eigenvalue weighted by molar-refractivity contribution is -0.156. The molecular weight excluding hydrogens is 578 g/mol. The zero-order valence-electron chi connectivity index (χ0n) is 27.7. The average Bonchev–Trinajstić information content (AvgIpc) is 3.58. The molecule has 1 spiro atoms. The number of hydrogen-bond acceptors (Lipinski definition) is 5. The van der Waals surface area contributed by atoms with E-state index in [1.165, 1.54) is 0 Å². The van der Waals surface area contributed by atoms with E-state index in [2.05, 4.69) is 27.0 Å². The Kier molecular flexibility index (Phi) is 9.89. The Morgan fingerprint density at radius 2 is 1.70 bits per heavy atom. The molecule has 3 aliphatic rings. The van der Waals surface area contributed by atoms with E-state index in [0.717, 1.165) is 18.4 Å². The number of benzene rings is 2. The third-order valence-electron chi connectivity index (χ3n) is 10.7. The quantitative estimate of drug-likeness (QED) is 0.297. The second-order valence-corrected chi connectivity index (χ2v) is 13.5. The number of carbonyl (C=O) groups is 3. The maximum absolute atomic E-state index is 15.0. The normalized spacial score (nSPS) is 29.2. The van der Waals surface area contributed by atoms with Gasteiger partial charge in [-0.15, -0.1) is 13.2 Å². The Morgan fingerprint density at radius 3 is 2.28 bits per heavy atom. The van der Waals surface area contributed by atoms with Gasteiger partial charge in [0, 0.05) is 24.8 Å². The summed E-state index contributed by atoms with van der Waals surface area (Å²) in [6, 6.07) is 17.3. The number of carbonyl (C=O) groups excluding carboxylic acids is 3. The molecule has 46 heavy (non-hydrogen) atoms. The van der Waals surface area contributed by atoms with Gasteiger partial charge in [0.2, 0.25) is 17.7 Å². The molecule has 0 aromatic heterocycles. The van der Waals surface area contributed by atoms with Gasteiger partial charge in [-0.25, -0.2) is 0 Å². The van der Waals surface area contributed by atoms with E-state index < -0.39 is 35.1 Å². The van der Waals surface area contributed by atoms with Crippen molar-refractivity contribution in [1.29, 1.82) is 0 Å². The van der Waals surface area contributed by atoms with E-state index in [-0.39, 0.29) is 42.8 Å². The molecule has 0 saturated carbocycles. The number of rotatable bonds is 14. The number of hydrogen-bond donors (Lipinski definition) is 1. The molecule has 1 N–H and O–H groups in total. The fourth-order valence-corrected chi connectivity index (χ4v) is 8.45. The number of likely N-dealkylation sites (tertiary alicyclic amines) is 1. The van der Waals surface area contributed by atoms with Crippen molar-refractivity contribution in [2.24, 2.45) is 17.8 Å². The molecule has 3 saturated heterocycles. The first kappa shape index (κ1) is 33.6. The summed E-state index contributed by atoms with van der Waals surface area (Å²) in [4.78, 5) is 49.8. The van der Waals surface area contributed by atoms with Crippen LogP contribution in [0.2, 0.25) is 0 Å². The third-order valence-corrected chi connectivity index (χ3v) is 10.7. The van der Waals surface area contributed by atoms with E-state index in [0.29, 0.717) is 25.1 Å². The summed E-state index contributed by atoms with van der Waals surface area (Å²) in [5, 5.41) is 10.9. The molecule has 0 aliphatic carbocycles. The highest BCUT2D eigenvalue weighted by Crippen LogP contribution is 2.66. The van der Waals surface area contributed by atoms with Crippen molar-refractivity contribution < 1.29 is 24.2 Å². The molecule has 2 aromatic rings. The monoisotopic (exact) mass is 627 g/mol. The number of nitrogens with zero attached hydrogens (tertiary/aromatic N) is 3. The van der Waals surface area contributed by atoms with Crippen molar-refractivity contribution >= 4 is 23.4 Å². The van der Waals surface area contributed by atoms with Gasteiger partial charge in [0.15, 0.2) is 0 Å². The van der Waals surface area contributed by atoms with Gasteiger partial charge in [-0.05, 0) is 56.7 Å². The highest BCUT2D eigenvalue weighted by molar-refractivity contribution is 6.03. The summed E-state index contributed by atoms with van der Waals surface area (Å²) in [5.41, 5.74) is -0.549. The van der Waals surface area contributed by atoms with Gasteiger partial charge in [0.1, 0.15) is 11.6 Å². The molecule has 8 atom stereocenters. The van der Waals surface area contributed by atoms with Crippen molar-refractivity contribution in [1.82, 2.24) is 9.80 Å². The van der Waals surface area contributed by atoms with Crippen LogP contribution < -0.4 is 4.90 Å². The number of amides is 3. The molecule has 5 rings (SSSR count). The van der Waals surface area contributed by atoms with Gasteiger partial charge in [-0.1, -0.05) is 81.0 Å². The van der Waals surface area contributed by atoms with Crippen LogP contribution in [0.15, 0.2) is 86.0 Å². The van der Waals surface area contributed by atoms with Crippen LogP contribution in [0.1, 0.15) is 52.5 Å². The Hall–Kier alpha value is -3.75. The second kappa shape index (κ2) is 13.5. The zero-order valence-corrected chi connectivity index (χ0v) is 27.7. The van der Waals surface area contributed by atoms with Crippen molar-refractivity contribution in [2.45, 2.75) is 82.7 Å². The minimum absolute atomic E-state index is 0.102. The molecule has 4 unspecified atom stereocenters. The number of anilines is 1. The SMILES string of the molecule is C=CCN(C(=O)[C@H]1[C@H]2C(=O)N([C@@H](CO)Cc3ccccc3)C(C(=O)N(CC=C)C(C)CCC)C23CC(C)[C@]1(C)O3)c1ccccc1. The van der Waals surface area contributed by atoms with Crippen LogP contribution in [0, 0.1) is 17.8 Å². The Morgan fingerprint density at radius 1 is 1.07 bits per heavy atom. The van der Waals surface area contributed by atoms with Crippen molar-refractivity contribution in [3.63, 3.8) is 0 Å². The minimum atomic E-state index is -1.23. The van der Waals surface area contributed by atoms with Gasteiger partial charge in [-0.3, -0.25) is 14.4 Å². The molecular formula is C38H49N3O5. The minimum Gasteiger partial charge on any atom is -0.394 e. The maximum atomic E-state index is 15.0. The van der Waals surface area contributed by atoms with Gasteiger partial charge in [-0.2, -0.15) is 0 Å². The third kappa shape index (κ3) is 5.49. The molecule has 3 aliphatic heterocycles. The molecule has 3 heterocycles. The number of para-hydroxylation sites is 1. The Balaban J connectivity index is 1.65. The topological polar surface area (TPSA) is 90.4 Å². The van der Waals surface area contributed by atoms with E-state index in [4.69, 9.17) is 4.74 Å². The molecule has 3 amide bonds. The van der Waals surface area contributed by atoms with Crippen molar-refractivity contribution in [3.05, 3.63) is 91.5 Å². The van der Waals surface area contributed by atoms with Gasteiger partial charge < -0.3 is 24.5 Å². The standard InChI is InChI=1S/C38H49N3O5/c1-7-16-27(5)39(21-8-2)36(45)33-38-24-26(4)37(6,46-38)31(34(43)40(22-9-3)29-19-14-11-15-20-29)32(38)35(44)41(33)30(25-42)23-28-17-12-10-13-18-28/h8-15,17-20,26-27,30-33,42H,2-3,7,16,21-25H2,1,4-6H3/t26?,27?,30-,31-,32+,33?,37+,38?/m1/s1. The first-order chi connectivity index (χ1) is 22.1. The first-order valence-electron chi connectivity index (χ1n) is 16.6. The first-order valence-corrected chi connectivity index (χ1v) is 16.6. The summed E-state index contributed by atoms with van der Waals surface area (Å²) >= 11 is 0. The number of ether oxygens (including phenoxy) is 1. The predicted octanol–water partition coefficient (Wildman–Crippen LogP) is 5.02. The predicted molar refractivity (Wildman–Crippen MR) is 180 cm³/mol. The zero-order chi connectivity index (χ0) is 33.2. The largest absolute Gasteiger partial charge is 0.394 e. The lowest BCUT2D eigenvalue weighted by Crippen LogP contribution is -2.60. The Labute approximate surface area is 273 Å². The maximum Gasteiger partial charge on any atom is 0.248 e.